The third-order valence-electron chi connectivity index (χ3n) is 2.93. The summed E-state index contributed by atoms with van der Waals surface area (Å²) in [5.41, 5.74) is -3.57. The summed E-state index contributed by atoms with van der Waals surface area (Å²) in [6.45, 7) is 1.42. The Morgan fingerprint density at radius 1 is 1.27 bits per heavy atom. The molecule has 0 saturated carbocycles. The zero-order valence-electron chi connectivity index (χ0n) is 11.1. The second kappa shape index (κ2) is 5.62. The van der Waals surface area contributed by atoms with Crippen LogP contribution in [0.15, 0.2) is 33.9 Å². The highest BCUT2D eigenvalue weighted by Gasteiger charge is 2.33. The van der Waals surface area contributed by atoms with Gasteiger partial charge in [0.15, 0.2) is 0 Å². The number of nitrogens with zero attached hydrogens (tertiary/aromatic N) is 1. The molecule has 22 heavy (non-hydrogen) atoms. The molecule has 0 radical (unpaired) electrons. The summed E-state index contributed by atoms with van der Waals surface area (Å²) in [6.07, 6.45) is -5.81. The van der Waals surface area contributed by atoms with Crippen LogP contribution < -0.4 is 11.2 Å². The van der Waals surface area contributed by atoms with Crippen LogP contribution in [0.3, 0.4) is 0 Å². The van der Waals surface area contributed by atoms with E-state index in [9.17, 15) is 27.9 Å². The first-order chi connectivity index (χ1) is 10.1. The van der Waals surface area contributed by atoms with E-state index in [1.807, 2.05) is 0 Å². The zero-order valence-corrected chi connectivity index (χ0v) is 11.9. The molecular formula is C13H10ClF3N2O3. The van der Waals surface area contributed by atoms with Crippen molar-refractivity contribution in [1.29, 1.82) is 0 Å². The van der Waals surface area contributed by atoms with Crippen LogP contribution in [0, 0.1) is 0 Å². The Labute approximate surface area is 126 Å². The largest absolute Gasteiger partial charge is 0.431 e. The highest BCUT2D eigenvalue weighted by Crippen LogP contribution is 2.26. The molecule has 0 saturated heterocycles. The Morgan fingerprint density at radius 2 is 1.91 bits per heavy atom. The SMILES string of the molecule is CC(O)c1cc(-n2c(=O)cc(C(F)(F)F)[nH]c2=O)ccc1Cl. The van der Waals surface area contributed by atoms with Gasteiger partial charge in [-0.1, -0.05) is 11.6 Å². The van der Waals surface area contributed by atoms with Crippen molar-refractivity contribution >= 4 is 11.6 Å². The van der Waals surface area contributed by atoms with Gasteiger partial charge in [-0.05, 0) is 25.1 Å². The van der Waals surface area contributed by atoms with Crippen molar-refractivity contribution in [2.45, 2.75) is 19.2 Å². The molecule has 0 amide bonds. The first-order valence-electron chi connectivity index (χ1n) is 6.02. The van der Waals surface area contributed by atoms with Crippen LogP contribution >= 0.6 is 11.6 Å². The van der Waals surface area contributed by atoms with E-state index in [0.29, 0.717) is 4.57 Å². The van der Waals surface area contributed by atoms with Crippen molar-refractivity contribution in [3.63, 3.8) is 0 Å². The van der Waals surface area contributed by atoms with Gasteiger partial charge in [0.2, 0.25) is 0 Å². The topological polar surface area (TPSA) is 75.1 Å². The van der Waals surface area contributed by atoms with Crippen LogP contribution in [0.5, 0.6) is 0 Å². The van der Waals surface area contributed by atoms with E-state index in [2.05, 4.69) is 0 Å². The zero-order chi connectivity index (χ0) is 16.7. The predicted octanol–water partition coefficient (Wildman–Crippen LogP) is 2.25. The number of aliphatic hydroxyl groups is 1. The lowest BCUT2D eigenvalue weighted by Gasteiger charge is -2.12. The van der Waals surface area contributed by atoms with Gasteiger partial charge in [-0.25, -0.2) is 9.36 Å². The van der Waals surface area contributed by atoms with Gasteiger partial charge in [0.05, 0.1) is 11.8 Å². The lowest BCUT2D eigenvalue weighted by atomic mass is 10.1. The lowest BCUT2D eigenvalue weighted by Crippen LogP contribution is -2.35. The number of hydrogen-bond acceptors (Lipinski definition) is 3. The molecule has 1 aromatic carbocycles. The van der Waals surface area contributed by atoms with Gasteiger partial charge in [0.25, 0.3) is 5.56 Å². The maximum absolute atomic E-state index is 12.5. The van der Waals surface area contributed by atoms with E-state index in [1.165, 1.54) is 25.1 Å². The highest BCUT2D eigenvalue weighted by atomic mass is 35.5. The van der Waals surface area contributed by atoms with Gasteiger partial charge in [-0.3, -0.25) is 4.79 Å². The van der Waals surface area contributed by atoms with Crippen LogP contribution in [0.1, 0.15) is 24.3 Å². The van der Waals surface area contributed by atoms with Crippen molar-refractivity contribution < 1.29 is 18.3 Å². The molecule has 118 valence electrons. The first-order valence-corrected chi connectivity index (χ1v) is 6.40. The summed E-state index contributed by atoms with van der Waals surface area (Å²) in [5, 5.41) is 9.76. The first kappa shape index (κ1) is 16.3. The fourth-order valence-electron chi connectivity index (χ4n) is 1.88. The quantitative estimate of drug-likeness (QED) is 0.884. The molecule has 2 aromatic rings. The van der Waals surface area contributed by atoms with E-state index < -0.39 is 29.2 Å². The smallest absolute Gasteiger partial charge is 0.389 e. The number of halogens is 4. The van der Waals surface area contributed by atoms with Gasteiger partial charge >= 0.3 is 11.9 Å². The van der Waals surface area contributed by atoms with Crippen LogP contribution in [0.4, 0.5) is 13.2 Å². The molecule has 0 aliphatic rings. The number of alkyl halides is 3. The summed E-state index contributed by atoms with van der Waals surface area (Å²) in [4.78, 5) is 25.2. The molecule has 1 aromatic heterocycles. The summed E-state index contributed by atoms with van der Waals surface area (Å²) in [7, 11) is 0. The fraction of sp³-hybridized carbons (Fsp3) is 0.231. The Morgan fingerprint density at radius 3 is 2.41 bits per heavy atom. The molecule has 1 heterocycles. The number of H-pyrrole nitrogens is 1. The molecule has 2 N–H and O–H groups in total. The van der Waals surface area contributed by atoms with Gasteiger partial charge < -0.3 is 10.1 Å². The summed E-state index contributed by atoms with van der Waals surface area (Å²) in [5.74, 6) is 0. The Hall–Kier alpha value is -2.06. The van der Waals surface area contributed by atoms with Gasteiger partial charge in [-0.2, -0.15) is 13.2 Å². The number of aromatic nitrogens is 2. The maximum Gasteiger partial charge on any atom is 0.431 e. The standard InChI is InChI=1S/C13H10ClF3N2O3/c1-6(20)8-4-7(2-3-9(8)14)19-11(21)5-10(13(15,16)17)18-12(19)22/h2-6,20H,1H3,(H,18,22). The molecule has 0 aliphatic carbocycles. The van der Waals surface area contributed by atoms with Crippen molar-refractivity contribution in [2.75, 3.05) is 0 Å². The van der Waals surface area contributed by atoms with Crippen molar-refractivity contribution in [3.8, 4) is 5.69 Å². The third kappa shape index (κ3) is 3.07. The Kier molecular flexibility index (Phi) is 4.17. The number of aromatic amines is 1. The van der Waals surface area contributed by atoms with E-state index in [0.717, 1.165) is 0 Å². The van der Waals surface area contributed by atoms with Crippen LogP contribution in [0.25, 0.3) is 5.69 Å². The molecule has 9 heteroatoms. The Bertz CT molecular complexity index is 793. The van der Waals surface area contributed by atoms with E-state index in [-0.39, 0.29) is 22.3 Å². The average Bonchev–Trinajstić information content (AvgIpc) is 2.38. The van der Waals surface area contributed by atoms with Crippen LogP contribution in [0.2, 0.25) is 5.02 Å². The van der Waals surface area contributed by atoms with Crippen LogP contribution in [-0.2, 0) is 6.18 Å². The van der Waals surface area contributed by atoms with Crippen molar-refractivity contribution in [3.05, 3.63) is 61.4 Å². The minimum Gasteiger partial charge on any atom is -0.389 e. The molecule has 1 atom stereocenters. The number of benzene rings is 1. The highest BCUT2D eigenvalue weighted by molar-refractivity contribution is 6.31. The predicted molar refractivity (Wildman–Crippen MR) is 73.3 cm³/mol. The summed E-state index contributed by atoms with van der Waals surface area (Å²) < 4.78 is 38.1. The normalized spacial score (nSPS) is 13.2. The number of hydrogen-bond donors (Lipinski definition) is 2. The summed E-state index contributed by atoms with van der Waals surface area (Å²) in [6, 6.07) is 4.18. The average molecular weight is 335 g/mol. The van der Waals surface area contributed by atoms with E-state index in [4.69, 9.17) is 11.6 Å². The molecule has 1 unspecified atom stereocenters. The van der Waals surface area contributed by atoms with E-state index >= 15 is 0 Å². The summed E-state index contributed by atoms with van der Waals surface area (Å²) >= 11 is 5.86. The second-order valence-electron chi connectivity index (χ2n) is 4.54. The molecule has 0 aliphatic heterocycles. The van der Waals surface area contributed by atoms with Gasteiger partial charge in [-0.15, -0.1) is 0 Å². The molecule has 0 spiro atoms. The monoisotopic (exact) mass is 334 g/mol. The fourth-order valence-corrected chi connectivity index (χ4v) is 2.16. The third-order valence-corrected chi connectivity index (χ3v) is 3.27. The molecule has 5 nitrogen and oxygen atoms in total. The Balaban J connectivity index is 2.67. The van der Waals surface area contributed by atoms with Crippen LogP contribution in [-0.4, -0.2) is 14.7 Å². The maximum atomic E-state index is 12.5. The van der Waals surface area contributed by atoms with Gasteiger partial charge in [0, 0.05) is 16.7 Å². The number of aliphatic hydroxyl groups excluding tert-OH is 1. The molecule has 2 rings (SSSR count). The molecular weight excluding hydrogens is 325 g/mol. The van der Waals surface area contributed by atoms with Gasteiger partial charge in [0.1, 0.15) is 5.69 Å². The van der Waals surface area contributed by atoms with Crippen molar-refractivity contribution in [2.24, 2.45) is 0 Å². The van der Waals surface area contributed by atoms with E-state index in [1.54, 1.807) is 4.98 Å². The minimum atomic E-state index is -4.83. The number of nitrogens with one attached hydrogen (secondary N) is 1. The molecule has 0 bridgehead atoms. The van der Waals surface area contributed by atoms with Crippen molar-refractivity contribution in [1.82, 2.24) is 9.55 Å². The molecule has 0 fully saturated rings. The minimum absolute atomic E-state index is 0.000254. The second-order valence-corrected chi connectivity index (χ2v) is 4.95. The lowest BCUT2D eigenvalue weighted by molar-refractivity contribution is -0.141. The number of rotatable bonds is 2.